The quantitative estimate of drug-likeness (QED) is 0.329. The fraction of sp³-hybridized carbons (Fsp3) is 0.533. The summed E-state index contributed by atoms with van der Waals surface area (Å²) < 4.78 is 6.21. The Bertz CT molecular complexity index is 561. The first-order chi connectivity index (χ1) is 9.88. The van der Waals surface area contributed by atoms with Gasteiger partial charge in [0.1, 0.15) is 6.10 Å². The highest BCUT2D eigenvalue weighted by Crippen LogP contribution is 2.31. The number of nitro benzene ring substituents is 1. The summed E-state index contributed by atoms with van der Waals surface area (Å²) in [6.45, 7) is 4.38. The zero-order chi connectivity index (χ0) is 15.6. The van der Waals surface area contributed by atoms with Crippen LogP contribution in [0.3, 0.4) is 0 Å². The second-order valence-electron chi connectivity index (χ2n) is 5.72. The number of non-ortho nitro benzene ring substituents is 1. The Kier molecular flexibility index (Phi) is 5.18. The number of ether oxygens (including phenoxy) is 1. The van der Waals surface area contributed by atoms with Crippen molar-refractivity contribution in [2.75, 3.05) is 0 Å². The van der Waals surface area contributed by atoms with Gasteiger partial charge in [0.25, 0.3) is 5.69 Å². The Balaban J connectivity index is 2.10. The Morgan fingerprint density at radius 2 is 2.05 bits per heavy atom. The molecule has 114 valence electrons. The van der Waals surface area contributed by atoms with Crippen LogP contribution in [0.5, 0.6) is 0 Å². The zero-order valence-electron chi connectivity index (χ0n) is 12.0. The van der Waals surface area contributed by atoms with Gasteiger partial charge in [-0.1, -0.05) is 13.8 Å². The maximum Gasteiger partial charge on any atom is 0.339 e. The molecule has 2 rings (SSSR count). The topological polar surface area (TPSA) is 69.4 Å². The summed E-state index contributed by atoms with van der Waals surface area (Å²) in [5, 5.41) is 10.8. The van der Waals surface area contributed by atoms with E-state index in [0.29, 0.717) is 15.4 Å². The number of nitrogens with zero attached hydrogens (tertiary/aromatic N) is 1. The first kappa shape index (κ1) is 16.2. The summed E-state index contributed by atoms with van der Waals surface area (Å²) in [4.78, 5) is 22.6. The average Bonchev–Trinajstić information content (AvgIpc) is 2.43. The number of carbonyl (C=O) groups excluding carboxylic acids is 1. The van der Waals surface area contributed by atoms with E-state index in [9.17, 15) is 14.9 Å². The number of rotatable bonds is 3. The molecule has 1 saturated carbocycles. The van der Waals surface area contributed by atoms with Gasteiger partial charge < -0.3 is 4.74 Å². The van der Waals surface area contributed by atoms with Crippen molar-refractivity contribution < 1.29 is 14.5 Å². The molecule has 1 aliphatic carbocycles. The number of esters is 1. The van der Waals surface area contributed by atoms with Gasteiger partial charge in [0.05, 0.1) is 10.5 Å². The molecular weight excluding hydrogens is 385 g/mol. The third-order valence-electron chi connectivity index (χ3n) is 4.20. The first-order valence-corrected chi connectivity index (χ1v) is 8.11. The normalized spacial score (nSPS) is 25.4. The van der Waals surface area contributed by atoms with E-state index in [0.717, 1.165) is 19.3 Å². The second kappa shape index (κ2) is 6.72. The van der Waals surface area contributed by atoms with E-state index in [2.05, 4.69) is 13.8 Å². The molecular formula is C15H18INO4. The number of carbonyl (C=O) groups is 1. The van der Waals surface area contributed by atoms with Crippen LogP contribution in [0.1, 0.15) is 43.5 Å². The molecule has 3 unspecified atom stereocenters. The van der Waals surface area contributed by atoms with Gasteiger partial charge >= 0.3 is 5.97 Å². The van der Waals surface area contributed by atoms with E-state index < -0.39 is 10.9 Å². The Labute approximate surface area is 137 Å². The summed E-state index contributed by atoms with van der Waals surface area (Å²) in [5.41, 5.74) is 0.184. The average molecular weight is 403 g/mol. The molecule has 5 nitrogen and oxygen atoms in total. The van der Waals surface area contributed by atoms with Crippen LogP contribution in [0.2, 0.25) is 0 Å². The first-order valence-electron chi connectivity index (χ1n) is 7.03. The lowest BCUT2D eigenvalue weighted by Crippen LogP contribution is -2.29. The van der Waals surface area contributed by atoms with Gasteiger partial charge in [-0.05, 0) is 59.8 Å². The Hall–Kier alpha value is -1.18. The van der Waals surface area contributed by atoms with Crippen molar-refractivity contribution in [3.8, 4) is 0 Å². The third kappa shape index (κ3) is 3.93. The highest BCUT2D eigenvalue weighted by atomic mass is 127. The molecule has 0 aromatic heterocycles. The molecule has 0 bridgehead atoms. The van der Waals surface area contributed by atoms with Gasteiger partial charge in [-0.3, -0.25) is 10.1 Å². The molecule has 21 heavy (non-hydrogen) atoms. The van der Waals surface area contributed by atoms with Gasteiger partial charge in [0.2, 0.25) is 0 Å². The van der Waals surface area contributed by atoms with Crippen LogP contribution in [0.4, 0.5) is 5.69 Å². The van der Waals surface area contributed by atoms with E-state index in [4.69, 9.17) is 4.74 Å². The fourth-order valence-corrected chi connectivity index (χ4v) is 3.16. The molecule has 0 N–H and O–H groups in total. The van der Waals surface area contributed by atoms with Crippen molar-refractivity contribution in [2.24, 2.45) is 11.8 Å². The molecule has 0 saturated heterocycles. The Morgan fingerprint density at radius 1 is 1.33 bits per heavy atom. The number of nitro groups is 1. The lowest BCUT2D eigenvalue weighted by molar-refractivity contribution is -0.384. The minimum atomic E-state index is -0.503. The Morgan fingerprint density at radius 3 is 2.67 bits per heavy atom. The summed E-state index contributed by atoms with van der Waals surface area (Å²) in [7, 11) is 0. The molecule has 0 radical (unpaired) electrons. The molecule has 1 aromatic carbocycles. The lowest BCUT2D eigenvalue weighted by Gasteiger charge is -2.31. The van der Waals surface area contributed by atoms with Crippen LogP contribution in [0, 0.1) is 25.5 Å². The minimum absolute atomic E-state index is 0.0845. The lowest BCUT2D eigenvalue weighted by atomic mass is 9.80. The molecule has 0 spiro atoms. The van der Waals surface area contributed by atoms with E-state index in [1.807, 2.05) is 22.6 Å². The number of hydrogen-bond donors (Lipinski definition) is 0. The van der Waals surface area contributed by atoms with Crippen LogP contribution in [0.25, 0.3) is 0 Å². The van der Waals surface area contributed by atoms with Crippen molar-refractivity contribution >= 4 is 34.2 Å². The van der Waals surface area contributed by atoms with Crippen LogP contribution in [-0.2, 0) is 4.74 Å². The van der Waals surface area contributed by atoms with Crippen LogP contribution >= 0.6 is 22.6 Å². The van der Waals surface area contributed by atoms with Crippen molar-refractivity contribution in [2.45, 2.75) is 39.2 Å². The van der Waals surface area contributed by atoms with Crippen LogP contribution in [-0.4, -0.2) is 17.0 Å². The van der Waals surface area contributed by atoms with E-state index in [1.165, 1.54) is 12.1 Å². The molecule has 1 aromatic rings. The van der Waals surface area contributed by atoms with Gasteiger partial charge in [-0.25, -0.2) is 4.79 Å². The van der Waals surface area contributed by atoms with Crippen LogP contribution in [0.15, 0.2) is 18.2 Å². The predicted octanol–water partition coefficient (Wildman–Crippen LogP) is 4.18. The van der Waals surface area contributed by atoms with Crippen molar-refractivity contribution in [3.05, 3.63) is 37.4 Å². The second-order valence-corrected chi connectivity index (χ2v) is 6.88. The standard InChI is InChI=1S/C15H18INO4/c1-9-3-5-12(7-10(9)2)21-15(18)13-8-11(17(19)20)4-6-14(13)16/h4,6,8-10,12H,3,5,7H2,1-2H3. The maximum atomic E-state index is 12.2. The molecule has 1 fully saturated rings. The highest BCUT2D eigenvalue weighted by Gasteiger charge is 2.28. The summed E-state index contributed by atoms with van der Waals surface area (Å²) >= 11 is 1.99. The SMILES string of the molecule is CC1CCC(OC(=O)c2cc([N+](=O)[O-])ccc2I)CC1C. The summed E-state index contributed by atoms with van der Waals surface area (Å²) in [5.74, 6) is 0.716. The van der Waals surface area contributed by atoms with E-state index >= 15 is 0 Å². The number of benzene rings is 1. The largest absolute Gasteiger partial charge is 0.459 e. The third-order valence-corrected chi connectivity index (χ3v) is 5.15. The van der Waals surface area contributed by atoms with E-state index in [-0.39, 0.29) is 17.4 Å². The predicted molar refractivity (Wildman–Crippen MR) is 87.2 cm³/mol. The van der Waals surface area contributed by atoms with Crippen molar-refractivity contribution in [3.63, 3.8) is 0 Å². The van der Waals surface area contributed by atoms with Gasteiger partial charge in [-0.2, -0.15) is 0 Å². The van der Waals surface area contributed by atoms with Crippen molar-refractivity contribution in [1.82, 2.24) is 0 Å². The molecule has 0 amide bonds. The van der Waals surface area contributed by atoms with Crippen LogP contribution < -0.4 is 0 Å². The maximum absolute atomic E-state index is 12.2. The number of hydrogen-bond acceptors (Lipinski definition) is 4. The molecule has 3 atom stereocenters. The van der Waals surface area contributed by atoms with Crippen molar-refractivity contribution in [1.29, 1.82) is 0 Å². The zero-order valence-corrected chi connectivity index (χ0v) is 14.2. The molecule has 0 aliphatic heterocycles. The van der Waals surface area contributed by atoms with Gasteiger partial charge in [0, 0.05) is 15.7 Å². The number of halogens is 1. The summed E-state index contributed by atoms with van der Waals surface area (Å²) in [6.07, 6.45) is 2.69. The molecule has 6 heteroatoms. The van der Waals surface area contributed by atoms with E-state index in [1.54, 1.807) is 6.07 Å². The minimum Gasteiger partial charge on any atom is -0.459 e. The fourth-order valence-electron chi connectivity index (χ4n) is 2.60. The smallest absolute Gasteiger partial charge is 0.339 e. The molecule has 0 heterocycles. The highest BCUT2D eigenvalue weighted by molar-refractivity contribution is 14.1. The molecule has 1 aliphatic rings. The van der Waals surface area contributed by atoms with Gasteiger partial charge in [-0.15, -0.1) is 0 Å². The van der Waals surface area contributed by atoms with Gasteiger partial charge in [0.15, 0.2) is 0 Å². The monoisotopic (exact) mass is 403 g/mol. The summed E-state index contributed by atoms with van der Waals surface area (Å²) in [6, 6.07) is 4.25.